The van der Waals surface area contributed by atoms with Gasteiger partial charge in [-0.05, 0) is 25.0 Å². The van der Waals surface area contributed by atoms with Crippen LogP contribution in [0.3, 0.4) is 0 Å². The average Bonchev–Trinajstić information content (AvgIpc) is 3.35. The first kappa shape index (κ1) is 18.6. The highest BCUT2D eigenvalue weighted by Gasteiger charge is 2.28. The van der Waals surface area contributed by atoms with Gasteiger partial charge in [0, 0.05) is 48.7 Å². The number of rotatable bonds is 4. The molecule has 0 spiro atoms. The predicted molar refractivity (Wildman–Crippen MR) is 107 cm³/mol. The lowest BCUT2D eigenvalue weighted by molar-refractivity contribution is 0.0411. The fraction of sp³-hybridized carbons (Fsp3) is 0.556. The summed E-state index contributed by atoms with van der Waals surface area (Å²) in [6.07, 6.45) is 1.91. The van der Waals surface area contributed by atoms with Gasteiger partial charge in [-0.2, -0.15) is 5.10 Å². The number of urea groups is 1. The maximum absolute atomic E-state index is 12.6. The van der Waals surface area contributed by atoms with Crippen LogP contribution in [0.5, 0.6) is 0 Å². The van der Waals surface area contributed by atoms with Crippen molar-refractivity contribution >= 4 is 34.8 Å². The number of nitrogens with zero attached hydrogens (tertiary/aromatic N) is 3. The molecule has 2 aliphatic rings. The second-order valence-electron chi connectivity index (χ2n) is 6.91. The quantitative estimate of drug-likeness (QED) is 0.811. The molecule has 0 radical (unpaired) electrons. The summed E-state index contributed by atoms with van der Waals surface area (Å²) < 4.78 is 6.13. The highest BCUT2D eigenvalue weighted by molar-refractivity contribution is 7.16. The van der Waals surface area contributed by atoms with Gasteiger partial charge in [-0.3, -0.25) is 5.10 Å². The number of amides is 2. The van der Waals surface area contributed by atoms with Gasteiger partial charge < -0.3 is 19.9 Å². The monoisotopic (exact) mass is 409 g/mol. The Balaban J connectivity index is 1.27. The summed E-state index contributed by atoms with van der Waals surface area (Å²) in [5.74, 6) is 1.26. The van der Waals surface area contributed by atoms with E-state index in [0.717, 1.165) is 41.8 Å². The Bertz CT molecular complexity index is 765. The van der Waals surface area contributed by atoms with Gasteiger partial charge >= 0.3 is 6.03 Å². The fourth-order valence-electron chi connectivity index (χ4n) is 3.60. The second-order valence-corrected chi connectivity index (χ2v) is 8.71. The molecule has 0 unspecified atom stereocenters. The Kier molecular flexibility index (Phi) is 5.85. The Hall–Kier alpha value is -1.77. The molecule has 2 aromatic heterocycles. The number of likely N-dealkylation sites (tertiary alicyclic amines) is 1. The van der Waals surface area contributed by atoms with Crippen molar-refractivity contribution in [3.63, 3.8) is 0 Å². The highest BCUT2D eigenvalue weighted by Crippen LogP contribution is 2.29. The number of aromatic nitrogens is 2. The molecule has 27 heavy (non-hydrogen) atoms. The Morgan fingerprint density at radius 2 is 2.00 bits per heavy atom. The molecule has 2 amide bonds. The van der Waals surface area contributed by atoms with Gasteiger partial charge in [0.15, 0.2) is 0 Å². The van der Waals surface area contributed by atoms with Crippen LogP contribution in [-0.4, -0.2) is 65.4 Å². The summed E-state index contributed by atoms with van der Waals surface area (Å²) in [6, 6.07) is 6.16. The summed E-state index contributed by atoms with van der Waals surface area (Å²) >= 11 is 7.54. The van der Waals surface area contributed by atoms with Gasteiger partial charge in [-0.25, -0.2) is 4.79 Å². The van der Waals surface area contributed by atoms with Crippen molar-refractivity contribution in [3.05, 3.63) is 33.1 Å². The topological polar surface area (TPSA) is 73.5 Å². The summed E-state index contributed by atoms with van der Waals surface area (Å²) in [7, 11) is 0. The number of carbonyl (C=O) groups is 1. The molecule has 0 atom stereocenters. The minimum Gasteiger partial charge on any atom is -0.378 e. The van der Waals surface area contributed by atoms with Crippen molar-refractivity contribution in [2.75, 3.05) is 44.7 Å². The number of carbonyl (C=O) groups excluding carboxylic acids is 1. The zero-order chi connectivity index (χ0) is 18.6. The van der Waals surface area contributed by atoms with Crippen LogP contribution in [0.15, 0.2) is 18.2 Å². The van der Waals surface area contributed by atoms with Gasteiger partial charge in [0.2, 0.25) is 0 Å². The molecular weight excluding hydrogens is 386 g/mol. The fourth-order valence-corrected chi connectivity index (χ4v) is 4.62. The van der Waals surface area contributed by atoms with Gasteiger partial charge in [-0.15, -0.1) is 11.3 Å². The third kappa shape index (κ3) is 4.56. The molecule has 4 heterocycles. The second kappa shape index (κ2) is 8.50. The van der Waals surface area contributed by atoms with Gasteiger partial charge in [0.25, 0.3) is 0 Å². The van der Waals surface area contributed by atoms with Gasteiger partial charge in [0.1, 0.15) is 5.82 Å². The molecule has 9 heteroatoms. The summed E-state index contributed by atoms with van der Waals surface area (Å²) in [4.78, 5) is 17.6. The number of anilines is 1. The normalized spacial score (nSPS) is 18.7. The average molecular weight is 410 g/mol. The zero-order valence-corrected chi connectivity index (χ0v) is 16.7. The minimum absolute atomic E-state index is 0.151. The van der Waals surface area contributed by atoms with Gasteiger partial charge in [0.05, 0.1) is 24.1 Å². The lowest BCUT2D eigenvalue weighted by Gasteiger charge is -2.36. The summed E-state index contributed by atoms with van der Waals surface area (Å²) in [5.41, 5.74) is 1.14. The molecule has 0 aliphatic carbocycles. The third-order valence-corrected chi connectivity index (χ3v) is 6.39. The molecule has 4 rings (SSSR count). The molecule has 2 saturated heterocycles. The number of hydrogen-bond donors (Lipinski definition) is 2. The number of halogens is 1. The lowest BCUT2D eigenvalue weighted by atomic mass is 9.94. The van der Waals surface area contributed by atoms with Crippen LogP contribution in [0, 0.1) is 0 Å². The molecular formula is C18H24ClN5O2S. The van der Waals surface area contributed by atoms with E-state index in [9.17, 15) is 4.79 Å². The van der Waals surface area contributed by atoms with Gasteiger partial charge in [-0.1, -0.05) is 11.6 Å². The first-order valence-electron chi connectivity index (χ1n) is 9.34. The van der Waals surface area contributed by atoms with Crippen molar-refractivity contribution in [3.8, 4) is 0 Å². The van der Waals surface area contributed by atoms with E-state index in [1.54, 1.807) is 11.3 Å². The van der Waals surface area contributed by atoms with Crippen LogP contribution in [0.25, 0.3) is 0 Å². The van der Waals surface area contributed by atoms with E-state index in [1.807, 2.05) is 21.9 Å². The van der Waals surface area contributed by atoms with Crippen LogP contribution >= 0.6 is 22.9 Å². The molecule has 146 valence electrons. The summed E-state index contributed by atoms with van der Waals surface area (Å²) in [6.45, 7) is 4.97. The number of thiophene rings is 1. The largest absolute Gasteiger partial charge is 0.378 e. The Labute approximate surface area is 167 Å². The van der Waals surface area contributed by atoms with Crippen molar-refractivity contribution < 1.29 is 9.53 Å². The van der Waals surface area contributed by atoms with Crippen molar-refractivity contribution in [1.29, 1.82) is 0 Å². The highest BCUT2D eigenvalue weighted by atomic mass is 35.5. The Morgan fingerprint density at radius 1 is 1.26 bits per heavy atom. The van der Waals surface area contributed by atoms with E-state index in [4.69, 9.17) is 16.3 Å². The molecule has 2 aliphatic heterocycles. The Morgan fingerprint density at radius 3 is 2.70 bits per heavy atom. The molecule has 2 aromatic rings. The smallest absolute Gasteiger partial charge is 0.320 e. The molecule has 0 saturated carbocycles. The summed E-state index contributed by atoms with van der Waals surface area (Å²) in [5, 5.41) is 10.9. The first-order chi connectivity index (χ1) is 13.2. The maximum atomic E-state index is 12.6. The van der Waals surface area contributed by atoms with E-state index in [2.05, 4.69) is 21.6 Å². The predicted octanol–water partition coefficient (Wildman–Crippen LogP) is 3.37. The number of piperidine rings is 1. The maximum Gasteiger partial charge on any atom is 0.320 e. The number of ether oxygens (including phenoxy) is 1. The number of aromatic amines is 1. The van der Waals surface area contributed by atoms with Crippen LogP contribution in [-0.2, 0) is 11.3 Å². The zero-order valence-electron chi connectivity index (χ0n) is 15.1. The number of nitrogens with one attached hydrogen (secondary N) is 2. The lowest BCUT2D eigenvalue weighted by Crippen LogP contribution is -2.50. The van der Waals surface area contributed by atoms with Crippen LogP contribution in [0.2, 0.25) is 4.34 Å². The van der Waals surface area contributed by atoms with E-state index in [0.29, 0.717) is 38.8 Å². The first-order valence-corrected chi connectivity index (χ1v) is 10.5. The molecule has 0 aromatic carbocycles. The van der Waals surface area contributed by atoms with Crippen LogP contribution in [0.4, 0.5) is 10.6 Å². The van der Waals surface area contributed by atoms with E-state index < -0.39 is 0 Å². The van der Waals surface area contributed by atoms with Crippen LogP contribution in [0.1, 0.15) is 29.3 Å². The molecule has 0 bridgehead atoms. The molecule has 2 fully saturated rings. The third-order valence-electron chi connectivity index (χ3n) is 5.16. The van der Waals surface area contributed by atoms with E-state index >= 15 is 0 Å². The van der Waals surface area contributed by atoms with Crippen LogP contribution < -0.4 is 5.32 Å². The molecule has 2 N–H and O–H groups in total. The van der Waals surface area contributed by atoms with E-state index in [-0.39, 0.29) is 6.03 Å². The van der Waals surface area contributed by atoms with E-state index in [1.165, 1.54) is 4.88 Å². The molecule has 7 nitrogen and oxygen atoms in total. The van der Waals surface area contributed by atoms with Crippen molar-refractivity contribution in [1.82, 2.24) is 20.0 Å². The van der Waals surface area contributed by atoms with Crippen molar-refractivity contribution in [2.24, 2.45) is 0 Å². The number of H-pyrrole nitrogens is 1. The van der Waals surface area contributed by atoms with Crippen molar-refractivity contribution in [2.45, 2.75) is 25.3 Å². The number of hydrogen-bond acceptors (Lipinski definition) is 5. The standard InChI is InChI=1S/C18H24ClN5O2S/c19-16-2-1-14(27-16)12-20-17-11-15(21-22-17)13-3-5-23(6-4-13)18(25)24-7-9-26-10-8-24/h1-2,11,13H,3-10,12H2,(H2,20,21,22). The minimum atomic E-state index is 0.151. The number of morpholine rings is 1. The SMILES string of the molecule is O=C(N1CCOCC1)N1CCC(c2cc(NCc3ccc(Cl)s3)n[nH]2)CC1.